The molecule has 0 aromatic heterocycles. The van der Waals surface area contributed by atoms with Crippen LogP contribution in [0.3, 0.4) is 0 Å². The third-order valence-electron chi connectivity index (χ3n) is 3.10. The minimum Gasteiger partial charge on any atom is -0.481 e. The van der Waals surface area contributed by atoms with Gasteiger partial charge in [-0.25, -0.2) is 9.18 Å². The summed E-state index contributed by atoms with van der Waals surface area (Å²) in [6, 6.07) is 3.43. The number of nitrogens with zero attached hydrogens (tertiary/aromatic N) is 1. The van der Waals surface area contributed by atoms with Crippen molar-refractivity contribution in [2.45, 2.75) is 18.9 Å². The van der Waals surface area contributed by atoms with E-state index in [9.17, 15) is 14.0 Å². The van der Waals surface area contributed by atoms with E-state index in [1.165, 1.54) is 17.0 Å². The molecule has 1 N–H and O–H groups in total. The predicted molar refractivity (Wildman–Crippen MR) is 72.0 cm³/mol. The lowest BCUT2D eigenvalue weighted by atomic mass is 10.2. The number of ether oxygens (including phenoxy) is 1. The van der Waals surface area contributed by atoms with Crippen molar-refractivity contribution in [1.82, 2.24) is 4.90 Å². The number of amides is 1. The van der Waals surface area contributed by atoms with Gasteiger partial charge in [-0.1, -0.05) is 15.9 Å². The van der Waals surface area contributed by atoms with Gasteiger partial charge in [0, 0.05) is 11.0 Å². The molecule has 0 saturated carbocycles. The number of likely N-dealkylation sites (tertiary alicyclic amines) is 1. The topological polar surface area (TPSA) is 66.8 Å². The van der Waals surface area contributed by atoms with Gasteiger partial charge in [-0.15, -0.1) is 0 Å². The fourth-order valence-corrected chi connectivity index (χ4v) is 2.47. The molecule has 7 heteroatoms. The molecule has 20 heavy (non-hydrogen) atoms. The zero-order chi connectivity index (χ0) is 14.7. The highest BCUT2D eigenvalue weighted by atomic mass is 79.9. The van der Waals surface area contributed by atoms with Gasteiger partial charge in [-0.05, 0) is 31.0 Å². The van der Waals surface area contributed by atoms with Crippen LogP contribution >= 0.6 is 15.9 Å². The van der Waals surface area contributed by atoms with E-state index in [0.29, 0.717) is 23.9 Å². The summed E-state index contributed by atoms with van der Waals surface area (Å²) in [4.78, 5) is 24.2. The molecule has 108 valence electrons. The normalized spacial score (nSPS) is 18.1. The molecule has 1 aromatic carbocycles. The quantitative estimate of drug-likeness (QED) is 0.906. The van der Waals surface area contributed by atoms with Crippen LogP contribution in [0.2, 0.25) is 0 Å². The number of aliphatic carboxylic acids is 1. The smallest absolute Gasteiger partial charge is 0.326 e. The van der Waals surface area contributed by atoms with E-state index in [-0.39, 0.29) is 12.4 Å². The zero-order valence-electron chi connectivity index (χ0n) is 10.5. The zero-order valence-corrected chi connectivity index (χ0v) is 12.1. The van der Waals surface area contributed by atoms with Crippen molar-refractivity contribution in [1.29, 1.82) is 0 Å². The molecule has 1 atom stereocenters. The second-order valence-corrected chi connectivity index (χ2v) is 5.36. The van der Waals surface area contributed by atoms with Gasteiger partial charge >= 0.3 is 5.97 Å². The van der Waals surface area contributed by atoms with Crippen molar-refractivity contribution >= 4 is 27.8 Å². The first kappa shape index (κ1) is 14.8. The molecular weight excluding hydrogens is 333 g/mol. The van der Waals surface area contributed by atoms with E-state index >= 15 is 0 Å². The number of hydrogen-bond donors (Lipinski definition) is 1. The van der Waals surface area contributed by atoms with Crippen LogP contribution in [0.5, 0.6) is 5.75 Å². The van der Waals surface area contributed by atoms with Gasteiger partial charge in [0.05, 0.1) is 0 Å². The molecule has 1 aliphatic rings. The number of carboxylic acid groups (broad SMARTS) is 1. The van der Waals surface area contributed by atoms with Crippen LogP contribution in [0.4, 0.5) is 4.39 Å². The summed E-state index contributed by atoms with van der Waals surface area (Å²) >= 11 is 3.12. The van der Waals surface area contributed by atoms with Gasteiger partial charge in [-0.3, -0.25) is 4.79 Å². The second-order valence-electron chi connectivity index (χ2n) is 4.45. The molecule has 2 rings (SSSR count). The maximum absolute atomic E-state index is 13.5. The molecule has 1 heterocycles. The van der Waals surface area contributed by atoms with E-state index in [1.807, 2.05) is 0 Å². The van der Waals surface area contributed by atoms with Crippen molar-refractivity contribution in [2.24, 2.45) is 0 Å². The van der Waals surface area contributed by atoms with E-state index in [1.54, 1.807) is 6.07 Å². The van der Waals surface area contributed by atoms with E-state index < -0.39 is 23.7 Å². The lowest BCUT2D eigenvalue weighted by Crippen LogP contribution is -2.42. The molecular formula is C13H13BrFNO4. The van der Waals surface area contributed by atoms with E-state index in [4.69, 9.17) is 9.84 Å². The number of carbonyl (C=O) groups excluding carboxylic acids is 1. The largest absolute Gasteiger partial charge is 0.481 e. The maximum Gasteiger partial charge on any atom is 0.326 e. The lowest BCUT2D eigenvalue weighted by molar-refractivity contribution is -0.149. The number of carbonyl (C=O) groups is 2. The third kappa shape index (κ3) is 3.27. The van der Waals surface area contributed by atoms with Crippen LogP contribution in [0, 0.1) is 5.82 Å². The molecule has 1 amide bonds. The molecule has 0 bridgehead atoms. The monoisotopic (exact) mass is 345 g/mol. The Kier molecular flexibility index (Phi) is 4.59. The van der Waals surface area contributed by atoms with Gasteiger partial charge in [0.2, 0.25) is 0 Å². The highest BCUT2D eigenvalue weighted by molar-refractivity contribution is 9.10. The first-order chi connectivity index (χ1) is 9.49. The van der Waals surface area contributed by atoms with E-state index in [0.717, 1.165) is 0 Å². The average Bonchev–Trinajstić information content (AvgIpc) is 2.86. The summed E-state index contributed by atoms with van der Waals surface area (Å²) < 4.78 is 19.2. The molecule has 0 spiro atoms. The second kappa shape index (κ2) is 6.21. The molecule has 0 radical (unpaired) electrons. The lowest BCUT2D eigenvalue weighted by Gasteiger charge is -2.21. The highest BCUT2D eigenvalue weighted by Crippen LogP contribution is 2.22. The number of rotatable bonds is 4. The summed E-state index contributed by atoms with van der Waals surface area (Å²) in [6.07, 6.45) is 1.09. The third-order valence-corrected chi connectivity index (χ3v) is 3.60. The summed E-state index contributed by atoms with van der Waals surface area (Å²) in [7, 11) is 0. The Balaban J connectivity index is 1.96. The van der Waals surface area contributed by atoms with Gasteiger partial charge in [0.15, 0.2) is 18.2 Å². The molecule has 0 unspecified atom stereocenters. The molecule has 1 aliphatic heterocycles. The van der Waals surface area contributed by atoms with Crippen molar-refractivity contribution in [3.63, 3.8) is 0 Å². The van der Waals surface area contributed by atoms with Crippen LogP contribution in [0.1, 0.15) is 12.8 Å². The average molecular weight is 346 g/mol. The Labute approximate surface area is 123 Å². The van der Waals surface area contributed by atoms with Crippen molar-refractivity contribution in [2.75, 3.05) is 13.2 Å². The van der Waals surface area contributed by atoms with Crippen molar-refractivity contribution in [3.05, 3.63) is 28.5 Å². The van der Waals surface area contributed by atoms with E-state index in [2.05, 4.69) is 15.9 Å². The van der Waals surface area contributed by atoms with Crippen LogP contribution < -0.4 is 4.74 Å². The van der Waals surface area contributed by atoms with Crippen molar-refractivity contribution < 1.29 is 23.8 Å². The minimum atomic E-state index is -1.02. The Hall–Kier alpha value is -1.63. The molecule has 1 aromatic rings. The number of benzene rings is 1. The number of halogens is 2. The van der Waals surface area contributed by atoms with Crippen LogP contribution in [0.15, 0.2) is 22.7 Å². The first-order valence-corrected chi connectivity index (χ1v) is 6.88. The number of carboxylic acids is 1. The SMILES string of the molecule is O=C(O)[C@@H]1CCCN1C(=O)COc1ccc(Br)cc1F. The van der Waals surface area contributed by atoms with Crippen LogP contribution in [-0.2, 0) is 9.59 Å². The summed E-state index contributed by atoms with van der Waals surface area (Å²) in [5.74, 6) is -2.08. The van der Waals surface area contributed by atoms with Gasteiger partial charge < -0.3 is 14.7 Å². The molecule has 0 aliphatic carbocycles. The van der Waals surface area contributed by atoms with Gasteiger partial charge in [0.1, 0.15) is 6.04 Å². The fraction of sp³-hybridized carbons (Fsp3) is 0.385. The number of hydrogen-bond acceptors (Lipinski definition) is 3. The minimum absolute atomic E-state index is 0.0346. The highest BCUT2D eigenvalue weighted by Gasteiger charge is 2.34. The standard InChI is InChI=1S/C13H13BrFNO4/c14-8-3-4-11(9(15)6-8)20-7-12(17)16-5-1-2-10(16)13(18)19/h3-4,6,10H,1-2,5,7H2,(H,18,19)/t10-/m0/s1. The molecule has 5 nitrogen and oxygen atoms in total. The van der Waals surface area contributed by atoms with Crippen LogP contribution in [-0.4, -0.2) is 41.1 Å². The van der Waals surface area contributed by atoms with Crippen LogP contribution in [0.25, 0.3) is 0 Å². The Morgan fingerprint density at radius 2 is 2.25 bits per heavy atom. The Bertz CT molecular complexity index is 537. The summed E-state index contributed by atoms with van der Waals surface area (Å²) in [5, 5.41) is 8.99. The summed E-state index contributed by atoms with van der Waals surface area (Å²) in [5.41, 5.74) is 0. The molecule has 1 saturated heterocycles. The molecule has 1 fully saturated rings. The first-order valence-electron chi connectivity index (χ1n) is 6.09. The predicted octanol–water partition coefficient (Wildman–Crippen LogP) is 2.04. The van der Waals surface area contributed by atoms with Gasteiger partial charge in [0.25, 0.3) is 5.91 Å². The fourth-order valence-electron chi connectivity index (χ4n) is 2.14. The maximum atomic E-state index is 13.5. The van der Waals surface area contributed by atoms with Crippen molar-refractivity contribution in [3.8, 4) is 5.75 Å². The Morgan fingerprint density at radius 1 is 1.50 bits per heavy atom. The summed E-state index contributed by atoms with van der Waals surface area (Å²) in [6.45, 7) is 0.0182. The van der Waals surface area contributed by atoms with Gasteiger partial charge in [-0.2, -0.15) is 0 Å². The Morgan fingerprint density at radius 3 is 2.90 bits per heavy atom.